The van der Waals surface area contributed by atoms with Crippen LogP contribution in [0.5, 0.6) is 5.75 Å². The zero-order valence-electron chi connectivity index (χ0n) is 16.5. The second-order valence-corrected chi connectivity index (χ2v) is 7.77. The molecule has 7 nitrogen and oxygen atoms in total. The summed E-state index contributed by atoms with van der Waals surface area (Å²) in [6.45, 7) is -3.09. The summed E-state index contributed by atoms with van der Waals surface area (Å²) in [4.78, 5) is 30.5. The lowest BCUT2D eigenvalue weighted by Gasteiger charge is -2.24. The number of amides is 1. The maximum atomic E-state index is 13.3. The number of hydrogen-bond donors (Lipinski definition) is 1. The van der Waals surface area contributed by atoms with Crippen molar-refractivity contribution in [3.05, 3.63) is 88.1 Å². The van der Waals surface area contributed by atoms with Gasteiger partial charge in [-0.2, -0.15) is 8.78 Å². The van der Waals surface area contributed by atoms with Crippen LogP contribution in [0.1, 0.15) is 40.3 Å². The van der Waals surface area contributed by atoms with Crippen molar-refractivity contribution in [2.75, 3.05) is 0 Å². The van der Waals surface area contributed by atoms with Crippen LogP contribution >= 0.6 is 0 Å². The number of nitrogens with one attached hydrogen (secondary N) is 1. The molecule has 160 valence electrons. The maximum absolute atomic E-state index is 13.3. The van der Waals surface area contributed by atoms with E-state index < -0.39 is 18.2 Å². The van der Waals surface area contributed by atoms with Gasteiger partial charge in [0.1, 0.15) is 5.82 Å². The van der Waals surface area contributed by atoms with E-state index in [2.05, 4.69) is 5.32 Å². The van der Waals surface area contributed by atoms with E-state index >= 15 is 0 Å². The van der Waals surface area contributed by atoms with E-state index in [1.54, 1.807) is 12.1 Å². The number of pyridine rings is 1. The second-order valence-electron chi connectivity index (χ2n) is 7.77. The molecule has 4 heterocycles. The van der Waals surface area contributed by atoms with Crippen LogP contribution in [0.2, 0.25) is 0 Å². The zero-order valence-corrected chi connectivity index (χ0v) is 16.5. The average molecular weight is 434 g/mol. The van der Waals surface area contributed by atoms with Crippen LogP contribution in [0.4, 0.5) is 8.78 Å². The standard InChI is InChI=1S/C23H16F2N4O3/c24-23(25)32-17-9-8-12-19(20(17)28-10-4-3-7-18(28)30)16-11-14(27-22(12)31)21-26-13-5-1-2-6-15(13)29(16)21/h1-10,14,16,23H,11H2,(H,27,31)/t14-,16-/m1/s1. The third kappa shape index (κ3) is 2.60. The van der Waals surface area contributed by atoms with Gasteiger partial charge in [-0.05, 0) is 36.8 Å². The Balaban J connectivity index is 1.71. The summed E-state index contributed by atoms with van der Waals surface area (Å²) in [6.07, 6.45) is 1.97. The number of ether oxygens (including phenoxy) is 1. The van der Waals surface area contributed by atoms with Gasteiger partial charge in [-0.1, -0.05) is 18.2 Å². The van der Waals surface area contributed by atoms with Crippen LogP contribution in [0.3, 0.4) is 0 Å². The lowest BCUT2D eigenvalue weighted by molar-refractivity contribution is -0.0499. The van der Waals surface area contributed by atoms with E-state index in [9.17, 15) is 18.4 Å². The van der Waals surface area contributed by atoms with E-state index in [1.807, 2.05) is 28.8 Å². The summed E-state index contributed by atoms with van der Waals surface area (Å²) in [6, 6.07) is 14.1. The van der Waals surface area contributed by atoms with Gasteiger partial charge in [-0.25, -0.2) is 4.98 Å². The lowest BCUT2D eigenvalue weighted by atomic mass is 9.95. The highest BCUT2D eigenvalue weighted by atomic mass is 19.3. The van der Waals surface area contributed by atoms with Crippen molar-refractivity contribution in [2.45, 2.75) is 25.1 Å². The first-order valence-electron chi connectivity index (χ1n) is 10.1. The molecule has 6 rings (SSSR count). The first-order chi connectivity index (χ1) is 15.5. The smallest absolute Gasteiger partial charge is 0.387 e. The summed E-state index contributed by atoms with van der Waals surface area (Å²) in [5.74, 6) is 0.178. The largest absolute Gasteiger partial charge is 0.433 e. The van der Waals surface area contributed by atoms with Gasteiger partial charge in [0.05, 0.1) is 28.8 Å². The molecule has 1 N–H and O–H groups in total. The van der Waals surface area contributed by atoms with Crippen molar-refractivity contribution in [1.29, 1.82) is 0 Å². The van der Waals surface area contributed by atoms with Gasteiger partial charge in [0.15, 0.2) is 5.75 Å². The van der Waals surface area contributed by atoms with E-state index in [-0.39, 0.29) is 23.4 Å². The van der Waals surface area contributed by atoms with E-state index in [1.165, 1.54) is 29.0 Å². The van der Waals surface area contributed by atoms with Crippen LogP contribution in [0.25, 0.3) is 16.7 Å². The molecule has 2 bridgehead atoms. The number of benzene rings is 2. The molecule has 0 saturated carbocycles. The van der Waals surface area contributed by atoms with Crippen LogP contribution in [0.15, 0.2) is 65.6 Å². The molecule has 2 atom stereocenters. The number of rotatable bonds is 3. The molecule has 0 fully saturated rings. The number of imidazole rings is 1. The highest BCUT2D eigenvalue weighted by molar-refractivity contribution is 5.98. The number of carbonyl (C=O) groups excluding carboxylic acids is 1. The van der Waals surface area contributed by atoms with Crippen LogP contribution in [-0.4, -0.2) is 26.6 Å². The molecule has 9 heteroatoms. The second kappa shape index (κ2) is 6.74. The third-order valence-corrected chi connectivity index (χ3v) is 6.05. The highest BCUT2D eigenvalue weighted by Crippen LogP contribution is 2.47. The van der Waals surface area contributed by atoms with Gasteiger partial charge in [-0.15, -0.1) is 0 Å². The fourth-order valence-corrected chi connectivity index (χ4v) is 4.85. The Bertz CT molecular complexity index is 1460. The molecular formula is C23H16F2N4O3. The van der Waals surface area contributed by atoms with Gasteiger partial charge in [0.25, 0.3) is 11.5 Å². The van der Waals surface area contributed by atoms with E-state index in [0.29, 0.717) is 23.4 Å². The molecule has 0 unspecified atom stereocenters. The zero-order chi connectivity index (χ0) is 22.0. The van der Waals surface area contributed by atoms with Gasteiger partial charge in [-0.3, -0.25) is 14.2 Å². The average Bonchev–Trinajstić information content (AvgIpc) is 3.26. The lowest BCUT2D eigenvalue weighted by Crippen LogP contribution is -2.29. The predicted octanol–water partition coefficient (Wildman–Crippen LogP) is 3.57. The number of carbonyl (C=O) groups is 1. The van der Waals surface area contributed by atoms with E-state index in [4.69, 9.17) is 9.72 Å². The summed E-state index contributed by atoms with van der Waals surface area (Å²) in [7, 11) is 0. The third-order valence-electron chi connectivity index (χ3n) is 6.05. The Kier molecular flexibility index (Phi) is 3.95. The molecule has 32 heavy (non-hydrogen) atoms. The molecule has 1 amide bonds. The molecular weight excluding hydrogens is 418 g/mol. The van der Waals surface area contributed by atoms with Gasteiger partial charge in [0, 0.05) is 23.4 Å². The predicted molar refractivity (Wildman–Crippen MR) is 111 cm³/mol. The SMILES string of the molecule is O=C1N[C@@H]2C[C@H](c3c1ccc(OC(F)F)c3-n1ccccc1=O)n1c2nc2ccccc21. The molecule has 0 radical (unpaired) electrons. The number of alkyl halides is 2. The van der Waals surface area contributed by atoms with Crippen molar-refractivity contribution < 1.29 is 18.3 Å². The Hall–Kier alpha value is -4.01. The van der Waals surface area contributed by atoms with Crippen LogP contribution in [0, 0.1) is 0 Å². The minimum atomic E-state index is -3.09. The van der Waals surface area contributed by atoms with Gasteiger partial charge >= 0.3 is 6.61 Å². The van der Waals surface area contributed by atoms with Gasteiger partial charge in [0.2, 0.25) is 0 Å². The number of para-hydroxylation sites is 2. The number of fused-ring (bicyclic) bond motifs is 9. The molecule has 0 saturated heterocycles. The van der Waals surface area contributed by atoms with E-state index in [0.717, 1.165) is 11.0 Å². The molecule has 0 spiro atoms. The Morgan fingerprint density at radius 1 is 1.06 bits per heavy atom. The molecule has 2 aliphatic rings. The van der Waals surface area contributed by atoms with Gasteiger partial charge < -0.3 is 14.6 Å². The minimum Gasteiger partial charge on any atom is -0.433 e. The minimum absolute atomic E-state index is 0.139. The number of halogens is 2. The van der Waals surface area contributed by atoms with Crippen molar-refractivity contribution in [2.24, 2.45) is 0 Å². The molecule has 4 aromatic rings. The summed E-state index contributed by atoms with van der Waals surface area (Å²) in [5.41, 5.74) is 2.12. The molecule has 2 aliphatic heterocycles. The van der Waals surface area contributed by atoms with Crippen LogP contribution in [-0.2, 0) is 0 Å². The van der Waals surface area contributed by atoms with Crippen LogP contribution < -0.4 is 15.6 Å². The van der Waals surface area contributed by atoms with Crippen molar-refractivity contribution in [3.63, 3.8) is 0 Å². The molecule has 0 aliphatic carbocycles. The normalized spacial score (nSPS) is 18.9. The summed E-state index contributed by atoms with van der Waals surface area (Å²) in [5, 5.41) is 3.00. The summed E-state index contributed by atoms with van der Waals surface area (Å²) < 4.78 is 34.7. The van der Waals surface area contributed by atoms with Crippen molar-refractivity contribution >= 4 is 16.9 Å². The monoisotopic (exact) mass is 434 g/mol. The number of aromatic nitrogens is 3. The van der Waals surface area contributed by atoms with Crippen molar-refractivity contribution in [1.82, 2.24) is 19.4 Å². The topological polar surface area (TPSA) is 78.1 Å². The maximum Gasteiger partial charge on any atom is 0.387 e. The molecule has 2 aromatic heterocycles. The first-order valence-corrected chi connectivity index (χ1v) is 10.1. The first kappa shape index (κ1) is 18.7. The Morgan fingerprint density at radius 2 is 1.88 bits per heavy atom. The number of hydrogen-bond acceptors (Lipinski definition) is 4. The fraction of sp³-hybridized carbons (Fsp3) is 0.174. The quantitative estimate of drug-likeness (QED) is 0.535. The van der Waals surface area contributed by atoms with Crippen molar-refractivity contribution in [3.8, 4) is 11.4 Å². The fourth-order valence-electron chi connectivity index (χ4n) is 4.85. The Morgan fingerprint density at radius 3 is 2.69 bits per heavy atom. The molecule has 2 aromatic carbocycles. The Labute approximate surface area is 179 Å². The summed E-state index contributed by atoms with van der Waals surface area (Å²) >= 11 is 0. The number of nitrogens with zero attached hydrogens (tertiary/aromatic N) is 3. The highest BCUT2D eigenvalue weighted by Gasteiger charge is 2.42.